The van der Waals surface area contributed by atoms with Crippen LogP contribution in [0.1, 0.15) is 35.5 Å². The van der Waals surface area contributed by atoms with E-state index in [-0.39, 0.29) is 17.4 Å². The molecular formula is C20H20N2O5. The van der Waals surface area contributed by atoms with Crippen molar-refractivity contribution in [3.63, 3.8) is 0 Å². The highest BCUT2D eigenvalue weighted by atomic mass is 16.6. The van der Waals surface area contributed by atoms with E-state index in [1.165, 1.54) is 0 Å². The van der Waals surface area contributed by atoms with E-state index in [0.29, 0.717) is 16.8 Å². The van der Waals surface area contributed by atoms with E-state index in [0.717, 1.165) is 11.1 Å². The van der Waals surface area contributed by atoms with Gasteiger partial charge in [0.1, 0.15) is 0 Å². The van der Waals surface area contributed by atoms with Gasteiger partial charge in [0, 0.05) is 5.56 Å². The molecule has 0 N–H and O–H groups in total. The van der Waals surface area contributed by atoms with Gasteiger partial charge in [-0.1, -0.05) is 35.0 Å². The number of hydrogen-bond acceptors (Lipinski definition) is 7. The molecule has 7 nitrogen and oxygen atoms in total. The molecule has 2 heterocycles. The fourth-order valence-electron chi connectivity index (χ4n) is 2.63. The third-order valence-electron chi connectivity index (χ3n) is 3.87. The maximum atomic E-state index is 12.6. The van der Waals surface area contributed by atoms with Crippen molar-refractivity contribution >= 4 is 23.0 Å². The van der Waals surface area contributed by atoms with E-state index in [9.17, 15) is 9.59 Å². The van der Waals surface area contributed by atoms with Crippen LogP contribution in [0, 0.1) is 13.8 Å². The Hall–Kier alpha value is -3.22. The predicted octanol–water partition coefficient (Wildman–Crippen LogP) is 3.62. The third-order valence-corrected chi connectivity index (χ3v) is 3.87. The molecule has 1 aromatic carbocycles. The standard InChI is InChI=1S/C20H20N2O5/c1-11(2)26-17(23)10-25-20(24)15-9-16(14-7-5-12(3)6-8-14)21-19-18(15)13(4)22-27-19/h5-9,11H,10H2,1-4H3. The zero-order chi connectivity index (χ0) is 19.6. The van der Waals surface area contributed by atoms with Gasteiger partial charge in [-0.2, -0.15) is 0 Å². The average Bonchev–Trinajstić information content (AvgIpc) is 3.00. The van der Waals surface area contributed by atoms with Crippen LogP contribution >= 0.6 is 0 Å². The van der Waals surface area contributed by atoms with Crippen LogP contribution in [0.5, 0.6) is 0 Å². The second-order valence-electron chi connectivity index (χ2n) is 6.48. The van der Waals surface area contributed by atoms with Crippen LogP contribution in [0.4, 0.5) is 0 Å². The van der Waals surface area contributed by atoms with Crippen LogP contribution in [0.15, 0.2) is 34.9 Å². The lowest BCUT2D eigenvalue weighted by Gasteiger charge is -2.09. The number of aromatic nitrogens is 2. The molecule has 0 aliphatic rings. The molecule has 0 saturated heterocycles. The summed E-state index contributed by atoms with van der Waals surface area (Å²) >= 11 is 0. The number of benzene rings is 1. The SMILES string of the molecule is Cc1ccc(-c2cc(C(=O)OCC(=O)OC(C)C)c3c(C)noc3n2)cc1. The van der Waals surface area contributed by atoms with Gasteiger partial charge in [-0.15, -0.1) is 0 Å². The van der Waals surface area contributed by atoms with Crippen molar-refractivity contribution in [3.8, 4) is 11.3 Å². The number of carbonyl (C=O) groups is 2. The van der Waals surface area contributed by atoms with Crippen molar-refractivity contribution in [1.82, 2.24) is 10.1 Å². The number of ether oxygens (including phenoxy) is 2. The first-order chi connectivity index (χ1) is 12.8. The van der Waals surface area contributed by atoms with Crippen molar-refractivity contribution in [1.29, 1.82) is 0 Å². The van der Waals surface area contributed by atoms with Crippen LogP contribution in [-0.4, -0.2) is 34.8 Å². The van der Waals surface area contributed by atoms with Crippen LogP contribution in [0.2, 0.25) is 0 Å². The normalized spacial score (nSPS) is 11.0. The number of carbonyl (C=O) groups excluding carboxylic acids is 2. The minimum Gasteiger partial charge on any atom is -0.460 e. The molecule has 0 spiro atoms. The summed E-state index contributed by atoms with van der Waals surface area (Å²) in [6.45, 7) is 6.67. The zero-order valence-corrected chi connectivity index (χ0v) is 15.6. The minimum atomic E-state index is -0.664. The lowest BCUT2D eigenvalue weighted by Crippen LogP contribution is -2.19. The molecule has 0 aliphatic heterocycles. The highest BCUT2D eigenvalue weighted by molar-refractivity contribution is 6.04. The number of hydrogen-bond donors (Lipinski definition) is 0. The summed E-state index contributed by atoms with van der Waals surface area (Å²) in [5.74, 6) is -1.27. The van der Waals surface area contributed by atoms with E-state index in [4.69, 9.17) is 14.0 Å². The summed E-state index contributed by atoms with van der Waals surface area (Å²) in [7, 11) is 0. The fourth-order valence-corrected chi connectivity index (χ4v) is 2.63. The molecule has 0 amide bonds. The molecule has 2 aromatic heterocycles. The Kier molecular flexibility index (Phi) is 5.21. The molecule has 0 bridgehead atoms. The van der Waals surface area contributed by atoms with Gasteiger partial charge in [-0.3, -0.25) is 0 Å². The summed E-state index contributed by atoms with van der Waals surface area (Å²) in [5.41, 5.74) is 3.48. The smallest absolute Gasteiger partial charge is 0.344 e. The maximum Gasteiger partial charge on any atom is 0.344 e. The first-order valence-electron chi connectivity index (χ1n) is 8.56. The summed E-state index contributed by atoms with van der Waals surface area (Å²) in [4.78, 5) is 28.7. The lowest BCUT2D eigenvalue weighted by atomic mass is 10.0. The highest BCUT2D eigenvalue weighted by Gasteiger charge is 2.21. The molecule has 0 unspecified atom stereocenters. The average molecular weight is 368 g/mol. The van der Waals surface area contributed by atoms with E-state index >= 15 is 0 Å². The molecule has 140 valence electrons. The number of pyridine rings is 1. The zero-order valence-electron chi connectivity index (χ0n) is 15.6. The van der Waals surface area contributed by atoms with Gasteiger partial charge in [0.25, 0.3) is 5.71 Å². The Morgan fingerprint density at radius 2 is 1.85 bits per heavy atom. The molecule has 0 atom stereocenters. The Morgan fingerprint density at radius 3 is 2.52 bits per heavy atom. The fraction of sp³-hybridized carbons (Fsp3) is 0.300. The van der Waals surface area contributed by atoms with Gasteiger partial charge in [-0.05, 0) is 33.8 Å². The summed E-state index contributed by atoms with van der Waals surface area (Å²) in [5, 5.41) is 4.35. The van der Waals surface area contributed by atoms with Gasteiger partial charge in [-0.25, -0.2) is 14.6 Å². The van der Waals surface area contributed by atoms with Crippen LogP contribution in [-0.2, 0) is 14.3 Å². The van der Waals surface area contributed by atoms with E-state index in [2.05, 4.69) is 10.1 Å². The monoisotopic (exact) mass is 368 g/mol. The predicted molar refractivity (Wildman–Crippen MR) is 98.2 cm³/mol. The van der Waals surface area contributed by atoms with Crippen LogP contribution in [0.3, 0.4) is 0 Å². The highest BCUT2D eigenvalue weighted by Crippen LogP contribution is 2.27. The number of aryl methyl sites for hydroxylation is 2. The second-order valence-corrected chi connectivity index (χ2v) is 6.48. The van der Waals surface area contributed by atoms with Gasteiger partial charge in [0.05, 0.1) is 28.4 Å². The largest absolute Gasteiger partial charge is 0.460 e. The first-order valence-corrected chi connectivity index (χ1v) is 8.56. The molecule has 27 heavy (non-hydrogen) atoms. The molecule has 3 aromatic rings. The molecular weight excluding hydrogens is 348 g/mol. The van der Waals surface area contributed by atoms with Gasteiger partial charge in [0.15, 0.2) is 6.61 Å². The Bertz CT molecular complexity index is 990. The number of rotatable bonds is 5. The summed E-state index contributed by atoms with van der Waals surface area (Å²) in [6.07, 6.45) is -0.280. The van der Waals surface area contributed by atoms with Gasteiger partial charge in [0.2, 0.25) is 0 Å². The van der Waals surface area contributed by atoms with E-state index < -0.39 is 18.5 Å². The molecule has 0 aliphatic carbocycles. The van der Waals surface area contributed by atoms with Crippen LogP contribution < -0.4 is 0 Å². The van der Waals surface area contributed by atoms with Gasteiger partial charge >= 0.3 is 11.9 Å². The van der Waals surface area contributed by atoms with Crippen LogP contribution in [0.25, 0.3) is 22.4 Å². The van der Waals surface area contributed by atoms with Crippen molar-refractivity contribution in [2.45, 2.75) is 33.8 Å². The molecule has 7 heteroatoms. The molecule has 0 saturated carbocycles. The molecule has 0 fully saturated rings. The second kappa shape index (κ2) is 7.57. The van der Waals surface area contributed by atoms with Gasteiger partial charge < -0.3 is 14.0 Å². The molecule has 3 rings (SSSR count). The number of nitrogens with zero attached hydrogens (tertiary/aromatic N) is 2. The van der Waals surface area contributed by atoms with Crippen molar-refractivity contribution in [2.75, 3.05) is 6.61 Å². The number of fused-ring (bicyclic) bond motifs is 1. The van der Waals surface area contributed by atoms with Crippen molar-refractivity contribution in [3.05, 3.63) is 47.2 Å². The number of esters is 2. The van der Waals surface area contributed by atoms with E-state index in [1.54, 1.807) is 26.8 Å². The minimum absolute atomic E-state index is 0.238. The van der Waals surface area contributed by atoms with Crippen molar-refractivity contribution < 1.29 is 23.6 Å². The van der Waals surface area contributed by atoms with E-state index in [1.807, 2.05) is 31.2 Å². The summed E-state index contributed by atoms with van der Waals surface area (Å²) in [6, 6.07) is 9.33. The third kappa shape index (κ3) is 4.13. The summed E-state index contributed by atoms with van der Waals surface area (Å²) < 4.78 is 15.3. The Morgan fingerprint density at radius 1 is 1.15 bits per heavy atom. The topological polar surface area (TPSA) is 91.5 Å². The van der Waals surface area contributed by atoms with Crippen molar-refractivity contribution in [2.24, 2.45) is 0 Å². The Balaban J connectivity index is 1.95. The molecule has 0 radical (unpaired) electrons. The Labute approximate surface area is 156 Å². The lowest BCUT2D eigenvalue weighted by molar-refractivity contribution is -0.150. The quantitative estimate of drug-likeness (QED) is 0.635. The first kappa shape index (κ1) is 18.6. The maximum absolute atomic E-state index is 12.6.